The van der Waals surface area contributed by atoms with Crippen molar-refractivity contribution in [3.05, 3.63) is 83.1 Å². The highest BCUT2D eigenvalue weighted by Gasteiger charge is 2.19. The Morgan fingerprint density at radius 3 is 2.54 bits per heavy atom. The molecule has 0 aliphatic rings. The van der Waals surface area contributed by atoms with Gasteiger partial charge in [0.2, 0.25) is 0 Å². The average molecular weight is 380 g/mol. The molecular formula is C22H24N2O4. The summed E-state index contributed by atoms with van der Waals surface area (Å²) in [6, 6.07) is 15.2. The van der Waals surface area contributed by atoms with Crippen LogP contribution in [-0.2, 0) is 22.6 Å². The lowest BCUT2D eigenvalue weighted by Gasteiger charge is -2.17. The van der Waals surface area contributed by atoms with Crippen LogP contribution in [0.25, 0.3) is 0 Å². The van der Waals surface area contributed by atoms with Crippen molar-refractivity contribution in [3.8, 4) is 0 Å². The van der Waals surface area contributed by atoms with Crippen LogP contribution >= 0.6 is 0 Å². The van der Waals surface area contributed by atoms with Crippen LogP contribution in [0.1, 0.15) is 33.1 Å². The summed E-state index contributed by atoms with van der Waals surface area (Å²) in [6.07, 6.45) is 1.62. The largest absolute Gasteiger partial charge is 0.467 e. The number of esters is 1. The highest BCUT2D eigenvalue weighted by atomic mass is 16.5. The molecule has 6 nitrogen and oxygen atoms in total. The number of likely N-dealkylation sites (N-methyl/N-ethyl adjacent to an activating group) is 1. The minimum atomic E-state index is -0.500. The SMILES string of the molecule is Cc1cc(C(=O)OCC(=O)N(C)Cc2ccccc2)c(C)n1Cc1ccco1. The Hall–Kier alpha value is -3.28. The van der Waals surface area contributed by atoms with Crippen LogP contribution in [0.15, 0.2) is 59.2 Å². The van der Waals surface area contributed by atoms with Gasteiger partial charge in [-0.3, -0.25) is 4.79 Å². The number of carbonyl (C=O) groups excluding carboxylic acids is 2. The molecule has 146 valence electrons. The zero-order valence-electron chi connectivity index (χ0n) is 16.3. The van der Waals surface area contributed by atoms with Crippen LogP contribution in [0, 0.1) is 13.8 Å². The van der Waals surface area contributed by atoms with E-state index in [-0.39, 0.29) is 12.5 Å². The molecule has 0 atom stereocenters. The van der Waals surface area contributed by atoms with E-state index >= 15 is 0 Å². The second-order valence-electron chi connectivity index (χ2n) is 6.76. The monoisotopic (exact) mass is 380 g/mol. The normalized spacial score (nSPS) is 10.7. The number of hydrogen-bond donors (Lipinski definition) is 0. The Balaban J connectivity index is 1.59. The molecule has 0 saturated carbocycles. The molecule has 0 fully saturated rings. The molecule has 3 rings (SSSR count). The smallest absolute Gasteiger partial charge is 0.340 e. The second kappa shape index (κ2) is 8.61. The molecule has 1 amide bonds. The van der Waals surface area contributed by atoms with Gasteiger partial charge in [0, 0.05) is 25.0 Å². The standard InChI is InChI=1S/C22H24N2O4/c1-16-12-20(17(2)24(16)14-19-10-7-11-27-19)22(26)28-15-21(25)23(3)13-18-8-5-4-6-9-18/h4-12H,13-15H2,1-3H3. The predicted octanol–water partition coefficient (Wildman–Crippen LogP) is 3.56. The van der Waals surface area contributed by atoms with Crippen LogP contribution in [0.2, 0.25) is 0 Å². The molecular weight excluding hydrogens is 356 g/mol. The van der Waals surface area contributed by atoms with Gasteiger partial charge in [0.25, 0.3) is 5.91 Å². The minimum Gasteiger partial charge on any atom is -0.467 e. The maximum Gasteiger partial charge on any atom is 0.340 e. The fourth-order valence-electron chi connectivity index (χ4n) is 3.07. The van der Waals surface area contributed by atoms with E-state index in [1.54, 1.807) is 24.3 Å². The summed E-state index contributed by atoms with van der Waals surface area (Å²) >= 11 is 0. The number of benzene rings is 1. The molecule has 0 spiro atoms. The van der Waals surface area contributed by atoms with Crippen molar-refractivity contribution in [1.29, 1.82) is 0 Å². The van der Waals surface area contributed by atoms with Crippen molar-refractivity contribution < 1.29 is 18.7 Å². The van der Waals surface area contributed by atoms with E-state index in [2.05, 4.69) is 0 Å². The van der Waals surface area contributed by atoms with Crippen LogP contribution in [0.3, 0.4) is 0 Å². The second-order valence-corrected chi connectivity index (χ2v) is 6.76. The lowest BCUT2D eigenvalue weighted by molar-refractivity contribution is -0.133. The fraction of sp³-hybridized carbons (Fsp3) is 0.273. The highest BCUT2D eigenvalue weighted by molar-refractivity contribution is 5.92. The number of rotatable bonds is 7. The molecule has 0 radical (unpaired) electrons. The molecule has 2 aromatic heterocycles. The highest BCUT2D eigenvalue weighted by Crippen LogP contribution is 2.18. The molecule has 0 bridgehead atoms. The van der Waals surface area contributed by atoms with Gasteiger partial charge in [-0.15, -0.1) is 0 Å². The summed E-state index contributed by atoms with van der Waals surface area (Å²) in [4.78, 5) is 26.3. The average Bonchev–Trinajstić information content (AvgIpc) is 3.30. The molecule has 0 unspecified atom stereocenters. The van der Waals surface area contributed by atoms with Gasteiger partial charge in [-0.05, 0) is 37.6 Å². The van der Waals surface area contributed by atoms with E-state index in [1.165, 1.54) is 0 Å². The van der Waals surface area contributed by atoms with E-state index < -0.39 is 5.97 Å². The first-order chi connectivity index (χ1) is 13.5. The summed E-state index contributed by atoms with van der Waals surface area (Å²) in [5.41, 5.74) is 3.19. The first-order valence-electron chi connectivity index (χ1n) is 9.10. The van der Waals surface area contributed by atoms with Crippen molar-refractivity contribution in [2.45, 2.75) is 26.9 Å². The summed E-state index contributed by atoms with van der Waals surface area (Å²) in [7, 11) is 1.69. The third kappa shape index (κ3) is 4.52. The Kier molecular flexibility index (Phi) is 5.99. The molecule has 0 aliphatic heterocycles. The number of hydrogen-bond acceptors (Lipinski definition) is 4. The third-order valence-corrected chi connectivity index (χ3v) is 4.70. The first-order valence-corrected chi connectivity index (χ1v) is 9.10. The van der Waals surface area contributed by atoms with E-state index in [4.69, 9.17) is 9.15 Å². The number of aromatic nitrogens is 1. The minimum absolute atomic E-state index is 0.249. The fourth-order valence-corrected chi connectivity index (χ4v) is 3.07. The van der Waals surface area contributed by atoms with Gasteiger partial charge in [0.15, 0.2) is 6.61 Å². The van der Waals surface area contributed by atoms with Gasteiger partial charge >= 0.3 is 5.97 Å². The van der Waals surface area contributed by atoms with E-state index in [9.17, 15) is 9.59 Å². The van der Waals surface area contributed by atoms with Gasteiger partial charge < -0.3 is 18.6 Å². The molecule has 6 heteroatoms. The Bertz CT molecular complexity index is 943. The first kappa shape index (κ1) is 19.5. The molecule has 1 aromatic carbocycles. The topological polar surface area (TPSA) is 64.7 Å². The molecule has 28 heavy (non-hydrogen) atoms. The molecule has 3 aromatic rings. The summed E-state index contributed by atoms with van der Waals surface area (Å²) in [5, 5.41) is 0. The van der Waals surface area contributed by atoms with Crippen molar-refractivity contribution >= 4 is 11.9 Å². The van der Waals surface area contributed by atoms with Crippen LogP contribution in [0.4, 0.5) is 0 Å². The third-order valence-electron chi connectivity index (χ3n) is 4.70. The zero-order valence-corrected chi connectivity index (χ0v) is 16.3. The summed E-state index contributed by atoms with van der Waals surface area (Å²) in [6.45, 7) is 4.50. The Morgan fingerprint density at radius 2 is 1.86 bits per heavy atom. The van der Waals surface area contributed by atoms with Gasteiger partial charge in [-0.25, -0.2) is 4.79 Å². The zero-order chi connectivity index (χ0) is 20.1. The molecule has 0 aliphatic carbocycles. The van der Waals surface area contributed by atoms with Crippen molar-refractivity contribution in [3.63, 3.8) is 0 Å². The van der Waals surface area contributed by atoms with Gasteiger partial charge in [0.1, 0.15) is 5.76 Å². The number of carbonyl (C=O) groups is 2. The number of furan rings is 1. The van der Waals surface area contributed by atoms with E-state index in [0.717, 1.165) is 22.7 Å². The number of aryl methyl sites for hydroxylation is 1. The summed E-state index contributed by atoms with van der Waals surface area (Å²) in [5.74, 6) is 0.0567. The molecule has 0 N–H and O–H groups in total. The molecule has 2 heterocycles. The van der Waals surface area contributed by atoms with E-state index in [0.29, 0.717) is 18.7 Å². The Labute approximate surface area is 164 Å². The summed E-state index contributed by atoms with van der Waals surface area (Å²) < 4.78 is 12.6. The quantitative estimate of drug-likeness (QED) is 0.588. The Morgan fingerprint density at radius 1 is 1.11 bits per heavy atom. The maximum absolute atomic E-state index is 12.5. The van der Waals surface area contributed by atoms with Crippen molar-refractivity contribution in [2.75, 3.05) is 13.7 Å². The van der Waals surface area contributed by atoms with Gasteiger partial charge in [0.05, 0.1) is 18.4 Å². The van der Waals surface area contributed by atoms with Gasteiger partial charge in [-0.1, -0.05) is 30.3 Å². The van der Waals surface area contributed by atoms with Gasteiger partial charge in [-0.2, -0.15) is 0 Å². The lowest BCUT2D eigenvalue weighted by Crippen LogP contribution is -2.30. The number of nitrogens with zero attached hydrogens (tertiary/aromatic N) is 2. The number of ether oxygens (including phenoxy) is 1. The lowest BCUT2D eigenvalue weighted by atomic mass is 10.2. The van der Waals surface area contributed by atoms with Crippen molar-refractivity contribution in [1.82, 2.24) is 9.47 Å². The van der Waals surface area contributed by atoms with E-state index in [1.807, 2.05) is 60.9 Å². The molecule has 0 saturated heterocycles. The van der Waals surface area contributed by atoms with Crippen LogP contribution in [0.5, 0.6) is 0 Å². The maximum atomic E-state index is 12.5. The predicted molar refractivity (Wildman–Crippen MR) is 105 cm³/mol. The van der Waals surface area contributed by atoms with Crippen molar-refractivity contribution in [2.24, 2.45) is 0 Å². The van der Waals surface area contributed by atoms with Crippen LogP contribution in [-0.4, -0.2) is 35.0 Å². The number of amides is 1. The van der Waals surface area contributed by atoms with Crippen LogP contribution < -0.4 is 0 Å².